The van der Waals surface area contributed by atoms with Crippen molar-refractivity contribution in [1.29, 1.82) is 0 Å². The third kappa shape index (κ3) is 3.51. The lowest BCUT2D eigenvalue weighted by molar-refractivity contribution is 0.152. The van der Waals surface area contributed by atoms with Gasteiger partial charge in [-0.1, -0.05) is 42.5 Å². The number of nitrogens with one attached hydrogen (secondary N) is 1. The molecule has 0 aromatic heterocycles. The summed E-state index contributed by atoms with van der Waals surface area (Å²) in [6, 6.07) is 17.7. The minimum atomic E-state index is -0.555. The summed E-state index contributed by atoms with van der Waals surface area (Å²) < 4.78 is 10.9. The number of rotatable bonds is 3. The number of ether oxygens (including phenoxy) is 2. The fourth-order valence-electron chi connectivity index (χ4n) is 2.52. The van der Waals surface area contributed by atoms with Crippen LogP contribution in [0.5, 0.6) is 5.75 Å². The number of benzene rings is 2. The maximum absolute atomic E-state index is 11.5. The summed E-state index contributed by atoms with van der Waals surface area (Å²) in [5.41, 5.74) is 5.17. The van der Waals surface area contributed by atoms with Crippen LogP contribution in [0.2, 0.25) is 0 Å². The number of hydrazone groups is 1. The fraction of sp³-hybridized carbons (Fsp3) is 0.222. The first kappa shape index (κ1) is 15.1. The lowest BCUT2D eigenvalue weighted by Gasteiger charge is -2.27. The van der Waals surface area contributed by atoms with Crippen LogP contribution in [0.1, 0.15) is 30.6 Å². The molecular formula is C18H18N2O3. The third-order valence-corrected chi connectivity index (χ3v) is 3.57. The summed E-state index contributed by atoms with van der Waals surface area (Å²) in [5.74, 6) is 0.761. The second-order valence-electron chi connectivity index (χ2n) is 5.11. The van der Waals surface area contributed by atoms with Crippen molar-refractivity contribution in [3.8, 4) is 5.75 Å². The number of carbonyl (C=O) groups excluding carboxylic acids is 1. The maximum Gasteiger partial charge on any atom is 0.427 e. The average molecular weight is 310 g/mol. The van der Waals surface area contributed by atoms with Crippen LogP contribution in [0.25, 0.3) is 0 Å². The van der Waals surface area contributed by atoms with E-state index in [9.17, 15) is 4.79 Å². The molecule has 23 heavy (non-hydrogen) atoms. The normalized spacial score (nSPS) is 18.0. The van der Waals surface area contributed by atoms with Gasteiger partial charge in [0.2, 0.25) is 0 Å². The molecule has 0 fully saturated rings. The zero-order chi connectivity index (χ0) is 16.1. The van der Waals surface area contributed by atoms with E-state index in [4.69, 9.17) is 9.47 Å². The lowest BCUT2D eigenvalue weighted by Crippen LogP contribution is -2.25. The highest BCUT2D eigenvalue weighted by molar-refractivity contribution is 6.04. The van der Waals surface area contributed by atoms with Crippen molar-refractivity contribution in [3.05, 3.63) is 65.7 Å². The van der Waals surface area contributed by atoms with Crippen LogP contribution in [0.15, 0.2) is 59.7 Å². The van der Waals surface area contributed by atoms with Crippen LogP contribution in [0.4, 0.5) is 4.79 Å². The van der Waals surface area contributed by atoms with Crippen molar-refractivity contribution in [1.82, 2.24) is 5.43 Å². The Hall–Kier alpha value is -2.82. The molecule has 1 N–H and O–H groups in total. The van der Waals surface area contributed by atoms with E-state index in [1.165, 1.54) is 0 Å². The van der Waals surface area contributed by atoms with E-state index >= 15 is 0 Å². The minimum absolute atomic E-state index is 0.131. The predicted octanol–water partition coefficient (Wildman–Crippen LogP) is 3.66. The molecule has 1 aliphatic heterocycles. The summed E-state index contributed by atoms with van der Waals surface area (Å²) in [5, 5.41) is 4.23. The predicted molar refractivity (Wildman–Crippen MR) is 87.6 cm³/mol. The van der Waals surface area contributed by atoms with E-state index < -0.39 is 6.09 Å². The molecule has 0 radical (unpaired) electrons. The molecule has 0 saturated carbocycles. The molecule has 0 spiro atoms. The Bertz CT molecular complexity index is 713. The Labute approximate surface area is 134 Å². The lowest BCUT2D eigenvalue weighted by atomic mass is 9.96. The molecule has 3 rings (SSSR count). The van der Waals surface area contributed by atoms with Gasteiger partial charge in [0, 0.05) is 12.0 Å². The van der Waals surface area contributed by atoms with E-state index in [1.54, 1.807) is 6.92 Å². The molecule has 0 saturated heterocycles. The second-order valence-corrected chi connectivity index (χ2v) is 5.11. The number of para-hydroxylation sites is 1. The van der Waals surface area contributed by atoms with Gasteiger partial charge >= 0.3 is 6.09 Å². The number of carbonyl (C=O) groups is 1. The minimum Gasteiger partial charge on any atom is -0.485 e. The molecule has 1 atom stereocenters. The van der Waals surface area contributed by atoms with Crippen LogP contribution in [-0.4, -0.2) is 18.4 Å². The highest BCUT2D eigenvalue weighted by Gasteiger charge is 2.26. The summed E-state index contributed by atoms with van der Waals surface area (Å²) in [4.78, 5) is 11.5. The van der Waals surface area contributed by atoms with Gasteiger partial charge in [-0.2, -0.15) is 5.10 Å². The van der Waals surface area contributed by atoms with Gasteiger partial charge in [-0.15, -0.1) is 0 Å². The standard InChI is InChI=1S/C18H18N2O3/c1-2-22-18(21)20-19-15-12-17(13-8-4-3-5-9-13)23-16-11-7-6-10-14(15)16/h3-11,17H,2,12H2,1H3,(H,20,21)/b19-15-/t17-/m1/s1. The first-order valence-electron chi connectivity index (χ1n) is 7.58. The molecule has 0 unspecified atom stereocenters. The van der Waals surface area contributed by atoms with Crippen molar-refractivity contribution >= 4 is 11.8 Å². The van der Waals surface area contributed by atoms with E-state index in [2.05, 4.69) is 10.5 Å². The molecule has 2 aromatic carbocycles. The van der Waals surface area contributed by atoms with Crippen LogP contribution in [-0.2, 0) is 4.74 Å². The molecule has 1 aliphatic rings. The Kier molecular flexibility index (Phi) is 4.57. The first-order valence-corrected chi connectivity index (χ1v) is 7.58. The molecular weight excluding hydrogens is 292 g/mol. The van der Waals surface area contributed by atoms with Gasteiger partial charge in [-0.05, 0) is 24.6 Å². The maximum atomic E-state index is 11.5. The zero-order valence-corrected chi connectivity index (χ0v) is 12.9. The molecule has 118 valence electrons. The van der Waals surface area contributed by atoms with Crippen molar-refractivity contribution in [2.45, 2.75) is 19.4 Å². The van der Waals surface area contributed by atoms with Crippen molar-refractivity contribution in [2.24, 2.45) is 5.10 Å². The smallest absolute Gasteiger partial charge is 0.427 e. The van der Waals surface area contributed by atoms with Crippen molar-refractivity contribution in [2.75, 3.05) is 6.61 Å². The topological polar surface area (TPSA) is 59.9 Å². The monoisotopic (exact) mass is 310 g/mol. The van der Waals surface area contributed by atoms with Gasteiger partial charge in [0.15, 0.2) is 0 Å². The Morgan fingerprint density at radius 1 is 1.22 bits per heavy atom. The molecule has 5 heteroatoms. The second kappa shape index (κ2) is 6.96. The van der Waals surface area contributed by atoms with Crippen LogP contribution in [0.3, 0.4) is 0 Å². The molecule has 0 aliphatic carbocycles. The summed E-state index contributed by atoms with van der Waals surface area (Å²) in [6.45, 7) is 2.06. The van der Waals surface area contributed by atoms with Gasteiger partial charge in [0.1, 0.15) is 11.9 Å². The van der Waals surface area contributed by atoms with Gasteiger partial charge in [-0.3, -0.25) is 0 Å². The van der Waals surface area contributed by atoms with Gasteiger partial charge < -0.3 is 9.47 Å². The molecule has 5 nitrogen and oxygen atoms in total. The van der Waals surface area contributed by atoms with Gasteiger partial charge in [-0.25, -0.2) is 10.2 Å². The van der Waals surface area contributed by atoms with Crippen LogP contribution < -0.4 is 10.2 Å². The van der Waals surface area contributed by atoms with E-state index in [0.29, 0.717) is 13.0 Å². The molecule has 1 heterocycles. The van der Waals surface area contributed by atoms with E-state index in [1.807, 2.05) is 54.6 Å². The highest BCUT2D eigenvalue weighted by atomic mass is 16.5. The van der Waals surface area contributed by atoms with E-state index in [0.717, 1.165) is 22.6 Å². The number of fused-ring (bicyclic) bond motifs is 1. The Morgan fingerprint density at radius 3 is 2.74 bits per heavy atom. The molecule has 0 bridgehead atoms. The van der Waals surface area contributed by atoms with E-state index in [-0.39, 0.29) is 6.10 Å². The first-order chi connectivity index (χ1) is 11.3. The van der Waals surface area contributed by atoms with Crippen molar-refractivity contribution in [3.63, 3.8) is 0 Å². The van der Waals surface area contributed by atoms with Crippen LogP contribution in [0, 0.1) is 0 Å². The van der Waals surface area contributed by atoms with Gasteiger partial charge in [0.05, 0.1) is 12.3 Å². The number of amides is 1. The Balaban J connectivity index is 1.88. The van der Waals surface area contributed by atoms with Crippen molar-refractivity contribution < 1.29 is 14.3 Å². The number of hydrogen-bond donors (Lipinski definition) is 1. The summed E-state index contributed by atoms with van der Waals surface area (Å²) in [6.07, 6.45) is -0.109. The van der Waals surface area contributed by atoms with Gasteiger partial charge in [0.25, 0.3) is 0 Å². The zero-order valence-electron chi connectivity index (χ0n) is 12.9. The Morgan fingerprint density at radius 2 is 1.96 bits per heavy atom. The molecule has 1 amide bonds. The number of nitrogens with zero attached hydrogens (tertiary/aromatic N) is 1. The third-order valence-electron chi connectivity index (χ3n) is 3.57. The molecule has 2 aromatic rings. The number of hydrogen-bond acceptors (Lipinski definition) is 4. The highest BCUT2D eigenvalue weighted by Crippen LogP contribution is 2.34. The summed E-state index contributed by atoms with van der Waals surface area (Å²) in [7, 11) is 0. The average Bonchev–Trinajstić information content (AvgIpc) is 2.60. The largest absolute Gasteiger partial charge is 0.485 e. The summed E-state index contributed by atoms with van der Waals surface area (Å²) >= 11 is 0. The fourth-order valence-corrected chi connectivity index (χ4v) is 2.52. The van der Waals surface area contributed by atoms with Crippen LogP contribution >= 0.6 is 0 Å². The SMILES string of the molecule is CCOC(=O)N/N=C1/C[C@H](c2ccccc2)Oc2ccccc21. The quantitative estimate of drug-likeness (QED) is 0.880.